The molecule has 0 saturated heterocycles. The molecular weight excluding hydrogens is 282 g/mol. The average Bonchev–Trinajstić information content (AvgIpc) is 2.48. The highest BCUT2D eigenvalue weighted by Crippen LogP contribution is 2.21. The molecule has 2 aromatic carbocycles. The fourth-order valence-corrected chi connectivity index (χ4v) is 1.84. The number of hydrogen-bond acceptors (Lipinski definition) is 3. The highest BCUT2D eigenvalue weighted by molar-refractivity contribution is 6.06. The predicted molar refractivity (Wildman–Crippen MR) is 83.9 cm³/mol. The standard InChI is InChI=1S/C17H15NO4/c1-11-2-4-12(5-3-11)6-9-16(20)18-15-8-7-13(19)10-14(15)17(21)22/h2-10,19H,1H3,(H,18,20)(H,21,22)/b9-6+. The first kappa shape index (κ1) is 15.3. The van der Waals surface area contributed by atoms with Crippen molar-refractivity contribution in [2.24, 2.45) is 0 Å². The Hall–Kier alpha value is -3.08. The molecule has 5 nitrogen and oxygen atoms in total. The fourth-order valence-electron chi connectivity index (χ4n) is 1.84. The minimum atomic E-state index is -1.23. The number of carboxylic acid groups (broad SMARTS) is 1. The number of amides is 1. The van der Waals surface area contributed by atoms with E-state index in [1.54, 1.807) is 6.08 Å². The number of carbonyl (C=O) groups excluding carboxylic acids is 1. The maximum Gasteiger partial charge on any atom is 0.337 e. The molecule has 3 N–H and O–H groups in total. The molecule has 0 atom stereocenters. The zero-order valence-corrected chi connectivity index (χ0v) is 11.9. The molecule has 0 aromatic heterocycles. The minimum Gasteiger partial charge on any atom is -0.508 e. The van der Waals surface area contributed by atoms with Gasteiger partial charge in [0.15, 0.2) is 0 Å². The summed E-state index contributed by atoms with van der Waals surface area (Å²) in [4.78, 5) is 22.9. The van der Waals surface area contributed by atoms with E-state index in [4.69, 9.17) is 5.11 Å². The molecule has 112 valence electrons. The van der Waals surface area contributed by atoms with Gasteiger partial charge in [0.05, 0.1) is 11.3 Å². The van der Waals surface area contributed by atoms with E-state index in [1.165, 1.54) is 18.2 Å². The van der Waals surface area contributed by atoms with Gasteiger partial charge in [-0.05, 0) is 36.8 Å². The first-order chi connectivity index (χ1) is 10.5. The molecule has 0 spiro atoms. The quantitative estimate of drug-likeness (QED) is 0.598. The van der Waals surface area contributed by atoms with Gasteiger partial charge in [0.1, 0.15) is 5.75 Å². The molecule has 22 heavy (non-hydrogen) atoms. The van der Waals surface area contributed by atoms with Crippen molar-refractivity contribution in [3.63, 3.8) is 0 Å². The van der Waals surface area contributed by atoms with Gasteiger partial charge in [-0.1, -0.05) is 29.8 Å². The van der Waals surface area contributed by atoms with E-state index in [0.29, 0.717) is 0 Å². The van der Waals surface area contributed by atoms with E-state index in [-0.39, 0.29) is 17.0 Å². The van der Waals surface area contributed by atoms with E-state index < -0.39 is 11.9 Å². The third-order valence-corrected chi connectivity index (χ3v) is 3.00. The number of aryl methyl sites for hydroxylation is 1. The maximum atomic E-state index is 11.9. The van der Waals surface area contributed by atoms with Crippen molar-refractivity contribution in [1.29, 1.82) is 0 Å². The third kappa shape index (κ3) is 3.96. The van der Waals surface area contributed by atoms with Crippen LogP contribution in [0.5, 0.6) is 5.75 Å². The first-order valence-electron chi connectivity index (χ1n) is 6.58. The maximum absolute atomic E-state index is 11.9. The number of phenols is 1. The van der Waals surface area contributed by atoms with Crippen LogP contribution in [0.3, 0.4) is 0 Å². The van der Waals surface area contributed by atoms with Gasteiger partial charge in [0.25, 0.3) is 0 Å². The summed E-state index contributed by atoms with van der Waals surface area (Å²) in [5.74, 6) is -1.85. The lowest BCUT2D eigenvalue weighted by Crippen LogP contribution is -2.11. The Kier molecular flexibility index (Phi) is 4.58. The Balaban J connectivity index is 2.12. The van der Waals surface area contributed by atoms with Gasteiger partial charge in [-0.25, -0.2) is 4.79 Å². The van der Waals surface area contributed by atoms with E-state index in [1.807, 2.05) is 31.2 Å². The van der Waals surface area contributed by atoms with Crippen molar-refractivity contribution in [3.8, 4) is 5.75 Å². The van der Waals surface area contributed by atoms with Crippen LogP contribution >= 0.6 is 0 Å². The van der Waals surface area contributed by atoms with Crippen molar-refractivity contribution in [3.05, 3.63) is 65.2 Å². The SMILES string of the molecule is Cc1ccc(/C=C/C(=O)Nc2ccc(O)cc2C(=O)O)cc1. The largest absolute Gasteiger partial charge is 0.508 e. The highest BCUT2D eigenvalue weighted by Gasteiger charge is 2.12. The molecule has 1 amide bonds. The van der Waals surface area contributed by atoms with Gasteiger partial charge in [0, 0.05) is 6.08 Å². The Labute approximate surface area is 127 Å². The average molecular weight is 297 g/mol. The van der Waals surface area contributed by atoms with Gasteiger partial charge in [-0.3, -0.25) is 4.79 Å². The molecule has 2 aromatic rings. The summed E-state index contributed by atoms with van der Waals surface area (Å²) in [5.41, 5.74) is 1.95. The molecule has 0 aliphatic carbocycles. The van der Waals surface area contributed by atoms with Crippen LogP contribution in [0.15, 0.2) is 48.5 Å². The number of rotatable bonds is 4. The molecule has 0 aliphatic heterocycles. The Morgan fingerprint density at radius 3 is 2.41 bits per heavy atom. The van der Waals surface area contributed by atoms with Crippen LogP contribution in [0.25, 0.3) is 6.08 Å². The summed E-state index contributed by atoms with van der Waals surface area (Å²) in [6.07, 6.45) is 2.96. The number of carbonyl (C=O) groups is 2. The molecule has 0 aliphatic rings. The number of phenolic OH excluding ortho intramolecular Hbond substituents is 1. The lowest BCUT2D eigenvalue weighted by Gasteiger charge is -2.07. The van der Waals surface area contributed by atoms with Crippen LogP contribution in [-0.2, 0) is 4.79 Å². The van der Waals surface area contributed by atoms with Crippen molar-refractivity contribution >= 4 is 23.6 Å². The van der Waals surface area contributed by atoms with Crippen LogP contribution in [0.4, 0.5) is 5.69 Å². The van der Waals surface area contributed by atoms with Gasteiger partial charge in [-0.2, -0.15) is 0 Å². The molecule has 0 radical (unpaired) electrons. The van der Waals surface area contributed by atoms with E-state index in [2.05, 4.69) is 5.32 Å². The predicted octanol–water partition coefficient (Wildman–Crippen LogP) is 3.05. The van der Waals surface area contributed by atoms with Gasteiger partial charge >= 0.3 is 5.97 Å². The summed E-state index contributed by atoms with van der Waals surface area (Å²) in [6, 6.07) is 11.4. The summed E-state index contributed by atoms with van der Waals surface area (Å²) in [6.45, 7) is 1.97. The molecule has 5 heteroatoms. The van der Waals surface area contributed by atoms with E-state index in [9.17, 15) is 14.7 Å². The van der Waals surface area contributed by atoms with Gasteiger partial charge in [0.2, 0.25) is 5.91 Å². The number of carboxylic acids is 1. The summed E-state index contributed by atoms with van der Waals surface area (Å²) in [7, 11) is 0. The zero-order valence-electron chi connectivity index (χ0n) is 11.9. The second kappa shape index (κ2) is 6.58. The second-order valence-electron chi connectivity index (χ2n) is 4.77. The molecule has 0 saturated carbocycles. The first-order valence-corrected chi connectivity index (χ1v) is 6.58. The Morgan fingerprint density at radius 1 is 1.09 bits per heavy atom. The Bertz CT molecular complexity index is 733. The summed E-state index contributed by atoms with van der Waals surface area (Å²) < 4.78 is 0. The summed E-state index contributed by atoms with van der Waals surface area (Å²) in [5, 5.41) is 20.8. The number of aromatic carboxylic acids is 1. The van der Waals surface area contributed by atoms with Crippen molar-refractivity contribution in [1.82, 2.24) is 0 Å². The lowest BCUT2D eigenvalue weighted by atomic mass is 10.1. The molecule has 0 unspecified atom stereocenters. The van der Waals surface area contributed by atoms with Gasteiger partial charge < -0.3 is 15.5 Å². The molecule has 0 fully saturated rings. The molecular formula is C17H15NO4. The number of anilines is 1. The van der Waals surface area contributed by atoms with E-state index >= 15 is 0 Å². The summed E-state index contributed by atoms with van der Waals surface area (Å²) >= 11 is 0. The van der Waals surface area contributed by atoms with E-state index in [0.717, 1.165) is 17.2 Å². The van der Waals surface area contributed by atoms with Crippen LogP contribution in [-0.4, -0.2) is 22.1 Å². The normalized spacial score (nSPS) is 10.6. The lowest BCUT2D eigenvalue weighted by molar-refractivity contribution is -0.111. The highest BCUT2D eigenvalue weighted by atomic mass is 16.4. The van der Waals surface area contributed by atoms with Crippen molar-refractivity contribution < 1.29 is 19.8 Å². The van der Waals surface area contributed by atoms with Crippen molar-refractivity contribution in [2.75, 3.05) is 5.32 Å². The number of nitrogens with one attached hydrogen (secondary N) is 1. The molecule has 0 bridgehead atoms. The topological polar surface area (TPSA) is 86.6 Å². The Morgan fingerprint density at radius 2 is 1.77 bits per heavy atom. The van der Waals surface area contributed by atoms with Crippen LogP contribution in [0.2, 0.25) is 0 Å². The van der Waals surface area contributed by atoms with Crippen LogP contribution < -0.4 is 5.32 Å². The van der Waals surface area contributed by atoms with Gasteiger partial charge in [-0.15, -0.1) is 0 Å². The molecule has 0 heterocycles. The molecule has 2 rings (SSSR count). The third-order valence-electron chi connectivity index (χ3n) is 3.00. The zero-order chi connectivity index (χ0) is 16.1. The second-order valence-corrected chi connectivity index (χ2v) is 4.77. The number of benzene rings is 2. The smallest absolute Gasteiger partial charge is 0.337 e. The monoisotopic (exact) mass is 297 g/mol. The van der Waals surface area contributed by atoms with Crippen LogP contribution in [0, 0.1) is 6.92 Å². The minimum absolute atomic E-state index is 0.129. The number of aromatic hydroxyl groups is 1. The fraction of sp³-hybridized carbons (Fsp3) is 0.0588. The number of hydrogen-bond donors (Lipinski definition) is 3. The van der Waals surface area contributed by atoms with Crippen molar-refractivity contribution in [2.45, 2.75) is 6.92 Å². The van der Waals surface area contributed by atoms with Crippen LogP contribution in [0.1, 0.15) is 21.5 Å².